The minimum Gasteiger partial charge on any atom is -0.388 e. The number of ether oxygens (including phenoxy) is 1. The van der Waals surface area contributed by atoms with Crippen molar-refractivity contribution >= 4 is 94.5 Å². The maximum Gasteiger partial charge on any atom is 0.366 e. The van der Waals surface area contributed by atoms with Crippen LogP contribution in [0.3, 0.4) is 0 Å². The van der Waals surface area contributed by atoms with Gasteiger partial charge in [-0.15, -0.1) is 0 Å². The number of carbonyl (C=O) groups excluding carboxylic acids is 2. The van der Waals surface area contributed by atoms with Gasteiger partial charge in [0.05, 0.1) is 0 Å². The number of hydrogen-bond acceptors (Lipinski definition) is 3. The Bertz CT molecular complexity index is 216. The topological polar surface area (TPSA) is 43.4 Å². The zero-order valence-electron chi connectivity index (χ0n) is 6.10. The Balaban J connectivity index is -0.000000720. The molecule has 0 amide bonds. The van der Waals surface area contributed by atoms with Gasteiger partial charge in [0.1, 0.15) is 0 Å². The molecule has 0 aromatic heterocycles. The van der Waals surface area contributed by atoms with Crippen LogP contribution in [0.1, 0.15) is 0 Å². The van der Waals surface area contributed by atoms with Crippen LogP contribution >= 0.6 is 82.6 Å². The van der Waals surface area contributed by atoms with E-state index in [9.17, 15) is 9.59 Å². The molecule has 0 aromatic carbocycles. The minimum absolute atomic E-state index is 0. The van der Waals surface area contributed by atoms with E-state index < -0.39 is 17.9 Å². The van der Waals surface area contributed by atoms with Gasteiger partial charge in [0.2, 0.25) is 2.14 Å². The molecule has 0 aliphatic rings. The average Bonchev–Trinajstić information content (AvgIpc) is 1.82. The summed E-state index contributed by atoms with van der Waals surface area (Å²) in [7, 11) is 0. The molecule has 0 heterocycles. The van der Waals surface area contributed by atoms with Crippen molar-refractivity contribution in [2.24, 2.45) is 0 Å². The molecule has 0 saturated carbocycles. The van der Waals surface area contributed by atoms with Crippen molar-refractivity contribution in [3.63, 3.8) is 0 Å². The summed E-state index contributed by atoms with van der Waals surface area (Å²) in [4.78, 5) is 21.8. The molecule has 0 unspecified atom stereocenters. The van der Waals surface area contributed by atoms with E-state index in [2.05, 4.69) is 52.5 Å². The Morgan fingerprint density at radius 2 is 1.27 bits per heavy atom. The Labute approximate surface area is 147 Å². The predicted octanol–water partition coefficient (Wildman–Crippen LogP) is 3.26. The molecule has 0 saturated heterocycles. The largest absolute Gasteiger partial charge is 0.388 e. The first-order valence-electron chi connectivity index (χ1n) is 2.45. The van der Waals surface area contributed by atoms with Crippen LogP contribution in [0.25, 0.3) is 0 Å². The fraction of sp³-hybridized carbons (Fsp3) is 0.500. The van der Waals surface area contributed by atoms with Gasteiger partial charge in [-0.1, -0.05) is 34.8 Å². The zero-order chi connectivity index (χ0) is 10.9. The monoisotopic (exact) mass is 564 g/mol. The van der Waals surface area contributed by atoms with Crippen molar-refractivity contribution < 1.29 is 48.5 Å². The molecule has 0 N–H and O–H groups in total. The summed E-state index contributed by atoms with van der Waals surface area (Å²) < 4.78 is 0.532. The van der Waals surface area contributed by atoms with Crippen molar-refractivity contribution in [3.8, 4) is 0 Å². The summed E-state index contributed by atoms with van der Waals surface area (Å²) in [5.74, 6) is -2.26. The van der Waals surface area contributed by atoms with Gasteiger partial charge in [0.15, 0.2) is 0 Å². The van der Waals surface area contributed by atoms with Crippen LogP contribution < -0.4 is 0 Å². The van der Waals surface area contributed by atoms with Gasteiger partial charge < -0.3 is 4.74 Å². The summed E-state index contributed by atoms with van der Waals surface area (Å²) in [6.07, 6.45) is 0. The van der Waals surface area contributed by atoms with E-state index in [1.165, 1.54) is 0 Å². The number of alkyl halides is 6. The molecule has 98 valence electrons. The molecule has 11 heteroatoms. The summed E-state index contributed by atoms with van der Waals surface area (Å²) in [5.41, 5.74) is 0. The Kier molecular flexibility index (Phi) is 12.9. The van der Waals surface area contributed by atoms with Gasteiger partial charge in [-0.3, -0.25) is 0 Å². The smallest absolute Gasteiger partial charge is 0.366 e. The van der Waals surface area contributed by atoms with E-state index in [1.807, 2.05) is 0 Å². The molecule has 0 atom stereocenters. The Hall–Kier alpha value is 2.49. The van der Waals surface area contributed by atoms with E-state index in [0.717, 1.165) is 0 Å². The third-order valence-corrected chi connectivity index (χ3v) is 2.08. The molecule has 15 heavy (non-hydrogen) atoms. The standard InChI is InChI=1S/C4Br3Cl3O3.2Cu/c5-3(6,7)1(11)13-2(12)4(8,9)10;;. The van der Waals surface area contributed by atoms with Crippen molar-refractivity contribution in [2.75, 3.05) is 0 Å². The van der Waals surface area contributed by atoms with E-state index in [0.29, 0.717) is 0 Å². The second-order valence-corrected chi connectivity index (χ2v) is 10.7. The van der Waals surface area contributed by atoms with Crippen LogP contribution in [0.2, 0.25) is 0 Å². The summed E-state index contributed by atoms with van der Waals surface area (Å²) in [6, 6.07) is 0. The second-order valence-electron chi connectivity index (χ2n) is 1.67. The number of hydrogen-bond donors (Lipinski definition) is 0. The van der Waals surface area contributed by atoms with Crippen LogP contribution in [-0.2, 0) is 48.5 Å². The second kappa shape index (κ2) is 8.57. The van der Waals surface area contributed by atoms with E-state index in [-0.39, 0.29) is 34.1 Å². The summed E-state index contributed by atoms with van der Waals surface area (Å²) in [6.45, 7) is 0. The van der Waals surface area contributed by atoms with E-state index >= 15 is 0 Å². The number of esters is 2. The van der Waals surface area contributed by atoms with Gasteiger partial charge in [-0.25, -0.2) is 9.59 Å². The molecule has 0 rings (SSSR count). The Morgan fingerprint density at radius 1 is 0.933 bits per heavy atom. The van der Waals surface area contributed by atoms with Crippen LogP contribution in [0.5, 0.6) is 0 Å². The van der Waals surface area contributed by atoms with Crippen LogP contribution in [0.15, 0.2) is 0 Å². The molecule has 3 nitrogen and oxygen atoms in total. The normalized spacial score (nSPS) is 10.8. The first-order chi connectivity index (χ1) is 5.55. The third kappa shape index (κ3) is 10.1. The quantitative estimate of drug-likeness (QED) is 0.195. The van der Waals surface area contributed by atoms with Crippen LogP contribution in [0, 0.1) is 0 Å². The Morgan fingerprint density at radius 3 is 1.47 bits per heavy atom. The van der Waals surface area contributed by atoms with Gasteiger partial charge in [0, 0.05) is 34.1 Å². The van der Waals surface area contributed by atoms with Crippen molar-refractivity contribution in [1.29, 1.82) is 0 Å². The number of carbonyl (C=O) groups is 2. The summed E-state index contributed by atoms with van der Waals surface area (Å²) >= 11 is 23.9. The average molecular weight is 569 g/mol. The molecule has 0 fully saturated rings. The first kappa shape index (κ1) is 22.7. The summed E-state index contributed by atoms with van der Waals surface area (Å²) in [5, 5.41) is 0. The zero-order valence-corrected chi connectivity index (χ0v) is 15.0. The predicted molar refractivity (Wildman–Crippen MR) is 60.9 cm³/mol. The molecule has 2 radical (unpaired) electrons. The fourth-order valence-electron chi connectivity index (χ4n) is 0.200. The van der Waals surface area contributed by atoms with Gasteiger partial charge in [0.25, 0.3) is 3.79 Å². The van der Waals surface area contributed by atoms with Crippen molar-refractivity contribution in [2.45, 2.75) is 5.94 Å². The molecule has 0 aliphatic heterocycles. The molecular formula is C4Br3Cl3Cu2O3. The van der Waals surface area contributed by atoms with Crippen molar-refractivity contribution in [1.82, 2.24) is 0 Å². The van der Waals surface area contributed by atoms with Crippen LogP contribution in [-0.4, -0.2) is 17.9 Å². The van der Waals surface area contributed by atoms with E-state index in [4.69, 9.17) is 34.8 Å². The molecular weight excluding hydrogens is 569 g/mol. The maximum absolute atomic E-state index is 11.0. The number of halogens is 6. The molecule has 0 spiro atoms. The number of rotatable bonds is 0. The fourth-order valence-corrected chi connectivity index (χ4v) is 0.558. The molecule has 0 aliphatic carbocycles. The van der Waals surface area contributed by atoms with Gasteiger partial charge >= 0.3 is 11.9 Å². The van der Waals surface area contributed by atoms with Crippen molar-refractivity contribution in [3.05, 3.63) is 0 Å². The van der Waals surface area contributed by atoms with Crippen LogP contribution in [0.4, 0.5) is 0 Å². The third-order valence-electron chi connectivity index (χ3n) is 0.648. The van der Waals surface area contributed by atoms with Gasteiger partial charge in [-0.05, 0) is 47.8 Å². The first-order valence-corrected chi connectivity index (χ1v) is 5.96. The molecule has 0 aromatic rings. The SMILES string of the molecule is O=C(OC(=O)C(Br)(Br)Br)C(Cl)(Cl)Cl.[Cu].[Cu]. The van der Waals surface area contributed by atoms with Gasteiger partial charge in [-0.2, -0.15) is 0 Å². The maximum atomic E-state index is 11.0. The molecule has 0 bridgehead atoms. The van der Waals surface area contributed by atoms with E-state index in [1.54, 1.807) is 0 Å². The minimum atomic E-state index is -2.27.